The predicted molar refractivity (Wildman–Crippen MR) is 82.2 cm³/mol. The molecule has 1 aromatic rings. The highest BCUT2D eigenvalue weighted by Crippen LogP contribution is 2.19. The van der Waals surface area contributed by atoms with Crippen LogP contribution >= 0.6 is 0 Å². The van der Waals surface area contributed by atoms with Crippen molar-refractivity contribution in [1.29, 1.82) is 0 Å². The van der Waals surface area contributed by atoms with Crippen LogP contribution in [0.4, 0.5) is 0 Å². The van der Waals surface area contributed by atoms with Crippen molar-refractivity contribution in [3.63, 3.8) is 0 Å². The number of hydrogen-bond donors (Lipinski definition) is 2. The molecule has 20 heavy (non-hydrogen) atoms. The highest BCUT2D eigenvalue weighted by molar-refractivity contribution is 5.81. The van der Waals surface area contributed by atoms with Crippen molar-refractivity contribution in [2.75, 3.05) is 0 Å². The van der Waals surface area contributed by atoms with Crippen LogP contribution in [-0.2, 0) is 11.2 Å². The Labute approximate surface area is 121 Å². The van der Waals surface area contributed by atoms with Crippen LogP contribution in [-0.4, -0.2) is 17.5 Å². The monoisotopic (exact) mass is 272 g/mol. The first-order valence-corrected chi connectivity index (χ1v) is 7.26. The quantitative estimate of drug-likeness (QED) is 0.809. The Morgan fingerprint density at radius 1 is 1.30 bits per heavy atom. The minimum absolute atomic E-state index is 0.0261. The second kappa shape index (κ2) is 6.23. The minimum atomic E-state index is -0.201. The molecule has 3 nitrogen and oxygen atoms in total. The number of carbonyl (C=O) groups is 1. The molecule has 0 fully saturated rings. The van der Waals surface area contributed by atoms with Gasteiger partial charge in [-0.05, 0) is 38.7 Å². The molecule has 2 atom stereocenters. The van der Waals surface area contributed by atoms with Gasteiger partial charge in [0.2, 0.25) is 5.91 Å². The van der Waals surface area contributed by atoms with Crippen LogP contribution in [0, 0.1) is 5.92 Å². The normalized spacial score (nSPS) is 21.9. The molecule has 0 radical (unpaired) electrons. The summed E-state index contributed by atoms with van der Waals surface area (Å²) in [6, 6.07) is 10.4. The van der Waals surface area contributed by atoms with E-state index in [0.29, 0.717) is 0 Å². The predicted octanol–water partition coefficient (Wildman–Crippen LogP) is 2.42. The molecular formula is C17H24N2O. The number of amides is 1. The molecule has 2 rings (SSSR count). The Morgan fingerprint density at radius 2 is 2.00 bits per heavy atom. The van der Waals surface area contributed by atoms with Gasteiger partial charge in [0, 0.05) is 11.6 Å². The van der Waals surface area contributed by atoms with Crippen molar-refractivity contribution in [3.8, 4) is 0 Å². The number of hydrogen-bond acceptors (Lipinski definition) is 2. The lowest BCUT2D eigenvalue weighted by atomic mass is 9.94. The average molecular weight is 272 g/mol. The van der Waals surface area contributed by atoms with E-state index in [1.165, 1.54) is 5.56 Å². The molecule has 1 aliphatic rings. The van der Waals surface area contributed by atoms with E-state index >= 15 is 0 Å². The van der Waals surface area contributed by atoms with Gasteiger partial charge in [-0.15, -0.1) is 0 Å². The fraction of sp³-hybridized carbons (Fsp3) is 0.471. The zero-order chi connectivity index (χ0) is 14.6. The second-order valence-corrected chi connectivity index (χ2v) is 6.25. The molecule has 0 heterocycles. The molecular weight excluding hydrogens is 248 g/mol. The SMILES string of the molecule is CC(C)(CCc1ccccc1)NC(=O)C1C=CC(N)C1. The van der Waals surface area contributed by atoms with Crippen LogP contribution in [0.5, 0.6) is 0 Å². The van der Waals surface area contributed by atoms with E-state index < -0.39 is 0 Å². The van der Waals surface area contributed by atoms with Gasteiger partial charge >= 0.3 is 0 Å². The minimum Gasteiger partial charge on any atom is -0.351 e. The molecule has 0 saturated heterocycles. The van der Waals surface area contributed by atoms with Gasteiger partial charge in [0.1, 0.15) is 0 Å². The van der Waals surface area contributed by atoms with E-state index in [9.17, 15) is 4.79 Å². The Hall–Kier alpha value is -1.61. The molecule has 108 valence electrons. The first-order valence-electron chi connectivity index (χ1n) is 7.26. The summed E-state index contributed by atoms with van der Waals surface area (Å²) in [6.45, 7) is 4.15. The Morgan fingerprint density at radius 3 is 2.60 bits per heavy atom. The summed E-state index contributed by atoms with van der Waals surface area (Å²) in [4.78, 5) is 12.2. The molecule has 0 aliphatic heterocycles. The Bertz CT molecular complexity index is 479. The van der Waals surface area contributed by atoms with Crippen molar-refractivity contribution in [3.05, 3.63) is 48.0 Å². The zero-order valence-electron chi connectivity index (χ0n) is 12.3. The maximum Gasteiger partial charge on any atom is 0.227 e. The van der Waals surface area contributed by atoms with Gasteiger partial charge in [0.05, 0.1) is 5.92 Å². The van der Waals surface area contributed by atoms with Gasteiger partial charge in [-0.25, -0.2) is 0 Å². The molecule has 0 saturated carbocycles. The van der Waals surface area contributed by atoms with Crippen molar-refractivity contribution in [2.24, 2.45) is 11.7 Å². The third-order valence-corrected chi connectivity index (χ3v) is 3.80. The van der Waals surface area contributed by atoms with Crippen molar-refractivity contribution in [1.82, 2.24) is 5.32 Å². The van der Waals surface area contributed by atoms with Gasteiger partial charge < -0.3 is 11.1 Å². The van der Waals surface area contributed by atoms with Crippen molar-refractivity contribution < 1.29 is 4.79 Å². The van der Waals surface area contributed by atoms with Crippen LogP contribution in [0.1, 0.15) is 32.3 Å². The highest BCUT2D eigenvalue weighted by Gasteiger charge is 2.27. The molecule has 1 aromatic carbocycles. The highest BCUT2D eigenvalue weighted by atomic mass is 16.2. The lowest BCUT2D eigenvalue weighted by Gasteiger charge is -2.28. The zero-order valence-corrected chi connectivity index (χ0v) is 12.3. The maximum absolute atomic E-state index is 12.2. The summed E-state index contributed by atoms with van der Waals surface area (Å²) in [6.07, 6.45) is 6.45. The van der Waals surface area contributed by atoms with Gasteiger partial charge in [0.25, 0.3) is 0 Å². The van der Waals surface area contributed by atoms with E-state index in [1.54, 1.807) is 0 Å². The average Bonchev–Trinajstić information content (AvgIpc) is 2.84. The van der Waals surface area contributed by atoms with Gasteiger partial charge in [0.15, 0.2) is 0 Å². The number of carbonyl (C=O) groups excluding carboxylic acids is 1. The van der Waals surface area contributed by atoms with Crippen LogP contribution in [0.25, 0.3) is 0 Å². The molecule has 1 amide bonds. The lowest BCUT2D eigenvalue weighted by Crippen LogP contribution is -2.46. The fourth-order valence-electron chi connectivity index (χ4n) is 2.51. The third kappa shape index (κ3) is 4.20. The van der Waals surface area contributed by atoms with Crippen molar-refractivity contribution in [2.45, 2.75) is 44.7 Å². The molecule has 1 aliphatic carbocycles. The van der Waals surface area contributed by atoms with Gasteiger partial charge in [-0.2, -0.15) is 0 Å². The smallest absolute Gasteiger partial charge is 0.227 e. The number of aryl methyl sites for hydroxylation is 1. The van der Waals surface area contributed by atoms with Gasteiger partial charge in [-0.3, -0.25) is 4.79 Å². The van der Waals surface area contributed by atoms with E-state index in [4.69, 9.17) is 5.73 Å². The maximum atomic E-state index is 12.2. The largest absolute Gasteiger partial charge is 0.351 e. The van der Waals surface area contributed by atoms with E-state index in [0.717, 1.165) is 19.3 Å². The first-order chi connectivity index (χ1) is 9.46. The second-order valence-electron chi connectivity index (χ2n) is 6.25. The van der Waals surface area contributed by atoms with Crippen LogP contribution in [0.2, 0.25) is 0 Å². The summed E-state index contributed by atoms with van der Waals surface area (Å²) in [5.41, 5.74) is 6.90. The van der Waals surface area contributed by atoms with Gasteiger partial charge in [-0.1, -0.05) is 42.5 Å². The Balaban J connectivity index is 1.84. The van der Waals surface area contributed by atoms with Crippen LogP contribution in [0.3, 0.4) is 0 Å². The third-order valence-electron chi connectivity index (χ3n) is 3.80. The number of benzene rings is 1. The molecule has 3 heteroatoms. The molecule has 0 aromatic heterocycles. The molecule has 2 unspecified atom stereocenters. The standard InChI is InChI=1S/C17H24N2O/c1-17(2,11-10-13-6-4-3-5-7-13)19-16(20)14-8-9-15(18)12-14/h3-9,14-15H,10-12,18H2,1-2H3,(H,19,20). The van der Waals surface area contributed by atoms with E-state index in [1.807, 2.05) is 30.4 Å². The van der Waals surface area contributed by atoms with Crippen molar-refractivity contribution >= 4 is 5.91 Å². The summed E-state index contributed by atoms with van der Waals surface area (Å²) in [7, 11) is 0. The number of nitrogens with two attached hydrogens (primary N) is 1. The topological polar surface area (TPSA) is 55.1 Å². The molecule has 3 N–H and O–H groups in total. The lowest BCUT2D eigenvalue weighted by molar-refractivity contribution is -0.125. The summed E-state index contributed by atoms with van der Waals surface area (Å²) >= 11 is 0. The van der Waals surface area contributed by atoms with E-state index in [-0.39, 0.29) is 23.4 Å². The Kier molecular flexibility index (Phi) is 4.61. The fourth-order valence-corrected chi connectivity index (χ4v) is 2.51. The first kappa shape index (κ1) is 14.8. The summed E-state index contributed by atoms with van der Waals surface area (Å²) in [5.74, 6) is 0.0215. The van der Waals surface area contributed by atoms with E-state index in [2.05, 4.69) is 31.3 Å². The van der Waals surface area contributed by atoms with Crippen LogP contribution < -0.4 is 11.1 Å². The summed E-state index contributed by atoms with van der Waals surface area (Å²) < 4.78 is 0. The summed E-state index contributed by atoms with van der Waals surface area (Å²) in [5, 5.41) is 3.14. The molecule has 0 bridgehead atoms. The number of nitrogens with one attached hydrogen (secondary N) is 1. The molecule has 0 spiro atoms. The number of rotatable bonds is 5. The van der Waals surface area contributed by atoms with Crippen LogP contribution in [0.15, 0.2) is 42.5 Å².